The number of rotatable bonds is 1. The Morgan fingerprint density at radius 1 is 1.10 bits per heavy atom. The van der Waals surface area contributed by atoms with Crippen LogP contribution >= 0.6 is 0 Å². The maximum atomic E-state index is 5.94. The molecule has 1 unspecified atom stereocenters. The van der Waals surface area contributed by atoms with Crippen LogP contribution < -0.4 is 4.74 Å². The highest BCUT2D eigenvalue weighted by Crippen LogP contribution is 2.32. The third-order valence-electron chi connectivity index (χ3n) is 3.53. The molecule has 2 nitrogen and oxygen atoms in total. The summed E-state index contributed by atoms with van der Waals surface area (Å²) in [5, 5.41) is 0. The molecule has 20 heavy (non-hydrogen) atoms. The van der Waals surface area contributed by atoms with Crippen molar-refractivity contribution in [2.75, 3.05) is 0 Å². The first-order valence-electron chi connectivity index (χ1n) is 6.71. The van der Waals surface area contributed by atoms with E-state index in [1.807, 2.05) is 48.6 Å². The Balaban J connectivity index is 1.62. The summed E-state index contributed by atoms with van der Waals surface area (Å²) >= 11 is 0. The highest BCUT2D eigenvalue weighted by Gasteiger charge is 2.24. The van der Waals surface area contributed by atoms with E-state index in [2.05, 4.69) is 18.2 Å². The van der Waals surface area contributed by atoms with Gasteiger partial charge in [-0.2, -0.15) is 0 Å². The summed E-state index contributed by atoms with van der Waals surface area (Å²) in [7, 11) is 0. The van der Waals surface area contributed by atoms with Crippen molar-refractivity contribution < 1.29 is 9.47 Å². The molecule has 3 aliphatic rings. The van der Waals surface area contributed by atoms with E-state index in [4.69, 9.17) is 9.47 Å². The van der Waals surface area contributed by atoms with Crippen molar-refractivity contribution in [3.8, 4) is 5.75 Å². The molecule has 0 N–H and O–H groups in total. The average molecular weight is 261 g/mol. The molecule has 0 saturated carbocycles. The normalized spacial score (nSPS) is 22.6. The molecule has 0 aromatic heterocycles. The zero-order valence-electron chi connectivity index (χ0n) is 10.9. The maximum absolute atomic E-state index is 5.94. The predicted molar refractivity (Wildman–Crippen MR) is 77.7 cm³/mol. The Hall–Kier alpha value is -2.48. The zero-order valence-corrected chi connectivity index (χ0v) is 10.9. The Labute approximate surface area is 118 Å². The fraction of sp³-hybridized carbons (Fsp3) is 0.111. The van der Waals surface area contributed by atoms with Gasteiger partial charge in [0.15, 0.2) is 6.10 Å². The third-order valence-corrected chi connectivity index (χ3v) is 3.53. The van der Waals surface area contributed by atoms with Crippen molar-refractivity contribution in [2.24, 2.45) is 0 Å². The van der Waals surface area contributed by atoms with Gasteiger partial charge in [-0.15, -0.1) is 0 Å². The molecule has 1 atom stereocenters. The van der Waals surface area contributed by atoms with Crippen LogP contribution in [0.2, 0.25) is 0 Å². The standard InChI is InChI=1S/C18H13O2/c1-3-7-15-13(5-1)9-11-17(19-15)18-12-10-14-6-2-4-8-16(14)20-18/h1-5,7-10,12,17H,6H2. The number of para-hydroxylation sites is 1. The first-order chi connectivity index (χ1) is 9.90. The Bertz CT molecular complexity index is 702. The lowest BCUT2D eigenvalue weighted by atomic mass is 10.0. The summed E-state index contributed by atoms with van der Waals surface area (Å²) < 4.78 is 11.9. The molecule has 0 saturated heterocycles. The molecule has 0 fully saturated rings. The number of hydrogen-bond acceptors (Lipinski definition) is 2. The van der Waals surface area contributed by atoms with E-state index in [1.165, 1.54) is 5.57 Å². The van der Waals surface area contributed by atoms with Crippen molar-refractivity contribution in [1.29, 1.82) is 0 Å². The number of hydrogen-bond donors (Lipinski definition) is 0. The predicted octanol–water partition coefficient (Wildman–Crippen LogP) is 3.95. The first kappa shape index (κ1) is 11.4. The van der Waals surface area contributed by atoms with E-state index < -0.39 is 0 Å². The lowest BCUT2D eigenvalue weighted by molar-refractivity contribution is 0.178. The summed E-state index contributed by atoms with van der Waals surface area (Å²) in [4.78, 5) is 0. The monoisotopic (exact) mass is 261 g/mol. The first-order valence-corrected chi connectivity index (χ1v) is 6.71. The minimum atomic E-state index is -0.283. The Kier molecular flexibility index (Phi) is 2.59. The minimum absolute atomic E-state index is 0.283. The lowest BCUT2D eigenvalue weighted by Crippen LogP contribution is -2.23. The number of fused-ring (bicyclic) bond motifs is 2. The highest BCUT2D eigenvalue weighted by molar-refractivity contribution is 5.59. The Morgan fingerprint density at radius 3 is 3.05 bits per heavy atom. The second kappa shape index (κ2) is 4.57. The zero-order chi connectivity index (χ0) is 13.4. The molecule has 1 aliphatic carbocycles. The van der Waals surface area contributed by atoms with Crippen LogP contribution in [-0.2, 0) is 4.74 Å². The van der Waals surface area contributed by atoms with Gasteiger partial charge in [0.1, 0.15) is 17.3 Å². The second-order valence-corrected chi connectivity index (χ2v) is 4.87. The van der Waals surface area contributed by atoms with Crippen LogP contribution in [0.5, 0.6) is 5.75 Å². The van der Waals surface area contributed by atoms with Gasteiger partial charge in [-0.25, -0.2) is 0 Å². The van der Waals surface area contributed by atoms with Crippen molar-refractivity contribution >= 4 is 6.08 Å². The van der Waals surface area contributed by atoms with Gasteiger partial charge in [-0.3, -0.25) is 0 Å². The number of benzene rings is 1. The maximum Gasteiger partial charge on any atom is 0.181 e. The van der Waals surface area contributed by atoms with E-state index in [0.717, 1.165) is 29.3 Å². The van der Waals surface area contributed by atoms with Gasteiger partial charge in [0.2, 0.25) is 0 Å². The van der Waals surface area contributed by atoms with Gasteiger partial charge < -0.3 is 9.47 Å². The summed E-state index contributed by atoms with van der Waals surface area (Å²) in [6.45, 7) is 0. The van der Waals surface area contributed by atoms with Gasteiger partial charge in [-0.05, 0) is 36.3 Å². The van der Waals surface area contributed by atoms with Gasteiger partial charge in [0.25, 0.3) is 0 Å². The van der Waals surface area contributed by atoms with Crippen LogP contribution in [0, 0.1) is 6.08 Å². The Morgan fingerprint density at radius 2 is 2.05 bits per heavy atom. The topological polar surface area (TPSA) is 18.5 Å². The summed E-state index contributed by atoms with van der Waals surface area (Å²) in [5.41, 5.74) is 2.26. The van der Waals surface area contributed by atoms with Crippen LogP contribution in [0.3, 0.4) is 0 Å². The molecule has 97 valence electrons. The van der Waals surface area contributed by atoms with Crippen molar-refractivity contribution in [3.63, 3.8) is 0 Å². The van der Waals surface area contributed by atoms with Gasteiger partial charge >= 0.3 is 0 Å². The number of allylic oxidation sites excluding steroid dienone is 6. The smallest absolute Gasteiger partial charge is 0.181 e. The quantitative estimate of drug-likeness (QED) is 0.762. The highest BCUT2D eigenvalue weighted by atomic mass is 16.5. The molecular weight excluding hydrogens is 248 g/mol. The molecule has 2 heteroatoms. The van der Waals surface area contributed by atoms with Crippen LogP contribution in [0.4, 0.5) is 0 Å². The van der Waals surface area contributed by atoms with E-state index in [0.29, 0.717) is 0 Å². The van der Waals surface area contributed by atoms with E-state index in [-0.39, 0.29) is 6.10 Å². The molecule has 0 spiro atoms. The van der Waals surface area contributed by atoms with Crippen LogP contribution in [0.15, 0.2) is 71.7 Å². The summed E-state index contributed by atoms with van der Waals surface area (Å²) in [6.07, 6.45) is 16.0. The minimum Gasteiger partial charge on any atom is -0.477 e. The molecule has 2 aliphatic heterocycles. The van der Waals surface area contributed by atoms with E-state index in [1.54, 1.807) is 0 Å². The lowest BCUT2D eigenvalue weighted by Gasteiger charge is -2.27. The summed E-state index contributed by atoms with van der Waals surface area (Å²) in [5.74, 6) is 2.56. The fourth-order valence-corrected chi connectivity index (χ4v) is 2.47. The molecule has 0 amide bonds. The summed E-state index contributed by atoms with van der Waals surface area (Å²) in [6, 6.07) is 7.94. The molecular formula is C18H13O2. The average Bonchev–Trinajstić information content (AvgIpc) is 2.54. The van der Waals surface area contributed by atoms with E-state index >= 15 is 0 Å². The van der Waals surface area contributed by atoms with Crippen molar-refractivity contribution in [2.45, 2.75) is 12.5 Å². The molecule has 1 aromatic carbocycles. The molecule has 2 heterocycles. The third kappa shape index (κ3) is 1.90. The van der Waals surface area contributed by atoms with Gasteiger partial charge in [0.05, 0.1) is 0 Å². The largest absolute Gasteiger partial charge is 0.477 e. The molecule has 4 rings (SSSR count). The van der Waals surface area contributed by atoms with Crippen LogP contribution in [0.25, 0.3) is 6.08 Å². The van der Waals surface area contributed by atoms with Gasteiger partial charge in [0, 0.05) is 11.6 Å². The van der Waals surface area contributed by atoms with Gasteiger partial charge in [-0.1, -0.05) is 36.4 Å². The second-order valence-electron chi connectivity index (χ2n) is 4.87. The van der Waals surface area contributed by atoms with Crippen LogP contribution in [-0.4, -0.2) is 6.10 Å². The van der Waals surface area contributed by atoms with E-state index in [9.17, 15) is 0 Å². The van der Waals surface area contributed by atoms with Crippen molar-refractivity contribution in [1.82, 2.24) is 0 Å². The molecule has 0 bridgehead atoms. The SMILES string of the molecule is [C]1=Cc2ccccc2OC1C1=CC=C2CC=CC=C2O1. The van der Waals surface area contributed by atoms with Crippen LogP contribution in [0.1, 0.15) is 12.0 Å². The number of ether oxygens (including phenoxy) is 2. The fourth-order valence-electron chi connectivity index (χ4n) is 2.47. The molecule has 1 aromatic rings. The van der Waals surface area contributed by atoms with Crippen molar-refractivity contribution in [3.05, 3.63) is 83.4 Å². The molecule has 1 radical (unpaired) electrons.